The Kier molecular flexibility index (Phi) is 4.08. The molecule has 2 aromatic carbocycles. The molecule has 0 radical (unpaired) electrons. The maximum Gasteiger partial charge on any atom is 0.124 e. The third kappa shape index (κ3) is 2.99. The zero-order chi connectivity index (χ0) is 14.7. The summed E-state index contributed by atoms with van der Waals surface area (Å²) in [4.78, 5) is 2.15. The quantitative estimate of drug-likeness (QED) is 0.660. The lowest BCUT2D eigenvalue weighted by molar-refractivity contribution is 0.914. The van der Waals surface area contributed by atoms with Gasteiger partial charge in [0.05, 0.1) is 5.69 Å². The van der Waals surface area contributed by atoms with Crippen LogP contribution in [0.5, 0.6) is 0 Å². The molecule has 0 bridgehead atoms. The number of nitrogens with two attached hydrogens (primary N) is 1. The van der Waals surface area contributed by atoms with Gasteiger partial charge in [-0.3, -0.25) is 5.41 Å². The molecule has 0 amide bonds. The minimum Gasteiger partial charge on any atom is -0.384 e. The van der Waals surface area contributed by atoms with Crippen LogP contribution in [0, 0.1) is 19.3 Å². The highest BCUT2D eigenvalue weighted by atomic mass is 15.1. The van der Waals surface area contributed by atoms with Crippen molar-refractivity contribution in [1.29, 1.82) is 5.41 Å². The standard InChI is InChI=1S/C17H21N3/c1-12-7-9-14(10-8-12)11-20(3)16-13(2)5-4-6-15(16)17(18)19/h4-10H,11H2,1-3H3,(H3,18,19). The van der Waals surface area contributed by atoms with E-state index in [-0.39, 0.29) is 5.84 Å². The summed E-state index contributed by atoms with van der Waals surface area (Å²) in [5.74, 6) is 0.111. The molecule has 0 aliphatic heterocycles. The molecule has 0 fully saturated rings. The molecular weight excluding hydrogens is 246 g/mol. The number of hydrogen-bond donors (Lipinski definition) is 2. The van der Waals surface area contributed by atoms with Gasteiger partial charge in [0.15, 0.2) is 0 Å². The van der Waals surface area contributed by atoms with Gasteiger partial charge in [0.1, 0.15) is 5.84 Å². The fourth-order valence-electron chi connectivity index (χ4n) is 2.43. The first-order chi connectivity index (χ1) is 9.49. The first kappa shape index (κ1) is 14.1. The third-order valence-electron chi connectivity index (χ3n) is 3.45. The van der Waals surface area contributed by atoms with Gasteiger partial charge in [-0.05, 0) is 31.0 Å². The molecule has 3 N–H and O–H groups in total. The second kappa shape index (κ2) is 5.78. The second-order valence-electron chi connectivity index (χ2n) is 5.23. The van der Waals surface area contributed by atoms with Crippen LogP contribution in [0.4, 0.5) is 5.69 Å². The molecule has 2 aromatic rings. The molecule has 3 heteroatoms. The number of nitrogen functional groups attached to an aromatic ring is 1. The SMILES string of the molecule is Cc1ccc(CN(C)c2c(C)cccc2C(=N)N)cc1. The fourth-order valence-corrected chi connectivity index (χ4v) is 2.43. The number of benzene rings is 2. The van der Waals surface area contributed by atoms with E-state index >= 15 is 0 Å². The highest BCUT2D eigenvalue weighted by Gasteiger charge is 2.12. The predicted octanol–water partition coefficient (Wildman–Crippen LogP) is 3.22. The van der Waals surface area contributed by atoms with Crippen LogP contribution in [0.2, 0.25) is 0 Å². The number of aryl methyl sites for hydroxylation is 2. The normalized spacial score (nSPS) is 10.3. The van der Waals surface area contributed by atoms with E-state index in [2.05, 4.69) is 36.1 Å². The average molecular weight is 267 g/mol. The van der Waals surface area contributed by atoms with Gasteiger partial charge in [-0.2, -0.15) is 0 Å². The Morgan fingerprint density at radius 2 is 1.75 bits per heavy atom. The van der Waals surface area contributed by atoms with Crippen LogP contribution in [0.3, 0.4) is 0 Å². The molecule has 0 saturated carbocycles. The van der Waals surface area contributed by atoms with Gasteiger partial charge in [-0.1, -0.05) is 42.0 Å². The van der Waals surface area contributed by atoms with E-state index in [1.54, 1.807) is 0 Å². The lowest BCUT2D eigenvalue weighted by atomic mass is 10.1. The Labute approximate surface area is 120 Å². The van der Waals surface area contributed by atoms with Crippen molar-refractivity contribution in [2.75, 3.05) is 11.9 Å². The average Bonchev–Trinajstić information content (AvgIpc) is 2.40. The van der Waals surface area contributed by atoms with Gasteiger partial charge in [0.2, 0.25) is 0 Å². The number of para-hydroxylation sites is 1. The van der Waals surface area contributed by atoms with Crippen molar-refractivity contribution in [3.05, 3.63) is 64.7 Å². The van der Waals surface area contributed by atoms with E-state index in [4.69, 9.17) is 11.1 Å². The van der Waals surface area contributed by atoms with E-state index in [1.165, 1.54) is 11.1 Å². The Bertz CT molecular complexity index is 615. The maximum absolute atomic E-state index is 7.73. The molecule has 3 nitrogen and oxygen atoms in total. The van der Waals surface area contributed by atoms with Gasteiger partial charge in [0.25, 0.3) is 0 Å². The van der Waals surface area contributed by atoms with E-state index < -0.39 is 0 Å². The number of amidine groups is 1. The van der Waals surface area contributed by atoms with Crippen LogP contribution >= 0.6 is 0 Å². The Hall–Kier alpha value is -2.29. The summed E-state index contributed by atoms with van der Waals surface area (Å²) in [5.41, 5.74) is 11.1. The molecule has 0 spiro atoms. The fraction of sp³-hybridized carbons (Fsp3) is 0.235. The molecule has 0 aliphatic carbocycles. The Balaban J connectivity index is 2.31. The summed E-state index contributed by atoms with van der Waals surface area (Å²) < 4.78 is 0. The van der Waals surface area contributed by atoms with Crippen LogP contribution in [0.1, 0.15) is 22.3 Å². The number of nitrogens with one attached hydrogen (secondary N) is 1. The van der Waals surface area contributed by atoms with E-state index in [9.17, 15) is 0 Å². The predicted molar refractivity (Wildman–Crippen MR) is 85.5 cm³/mol. The van der Waals surface area contributed by atoms with Crippen LogP contribution in [0.25, 0.3) is 0 Å². The highest BCUT2D eigenvalue weighted by molar-refractivity contribution is 6.01. The first-order valence-corrected chi connectivity index (χ1v) is 6.69. The summed E-state index contributed by atoms with van der Waals surface area (Å²) in [6.07, 6.45) is 0. The van der Waals surface area contributed by atoms with E-state index in [1.807, 2.05) is 32.2 Å². The molecule has 104 valence electrons. The number of hydrogen-bond acceptors (Lipinski definition) is 2. The minimum absolute atomic E-state index is 0.111. The molecule has 0 atom stereocenters. The summed E-state index contributed by atoms with van der Waals surface area (Å²) in [7, 11) is 2.04. The summed E-state index contributed by atoms with van der Waals surface area (Å²) in [6.45, 7) is 4.93. The lowest BCUT2D eigenvalue weighted by Gasteiger charge is -2.24. The summed E-state index contributed by atoms with van der Waals surface area (Å²) in [6, 6.07) is 14.4. The number of rotatable bonds is 4. The van der Waals surface area contributed by atoms with Gasteiger partial charge in [-0.25, -0.2) is 0 Å². The molecular formula is C17H21N3. The zero-order valence-corrected chi connectivity index (χ0v) is 12.3. The second-order valence-corrected chi connectivity index (χ2v) is 5.23. The summed E-state index contributed by atoms with van der Waals surface area (Å²) in [5, 5.41) is 7.73. The van der Waals surface area contributed by atoms with Crippen molar-refractivity contribution in [3.63, 3.8) is 0 Å². The maximum atomic E-state index is 7.73. The van der Waals surface area contributed by atoms with Crippen molar-refractivity contribution in [3.8, 4) is 0 Å². The highest BCUT2D eigenvalue weighted by Crippen LogP contribution is 2.25. The number of anilines is 1. The van der Waals surface area contributed by atoms with Crippen LogP contribution < -0.4 is 10.6 Å². The number of nitrogens with zero attached hydrogens (tertiary/aromatic N) is 1. The van der Waals surface area contributed by atoms with Gasteiger partial charge in [0, 0.05) is 19.2 Å². The molecule has 0 aromatic heterocycles. The Morgan fingerprint density at radius 1 is 1.10 bits per heavy atom. The van der Waals surface area contributed by atoms with Crippen LogP contribution in [0.15, 0.2) is 42.5 Å². The zero-order valence-electron chi connectivity index (χ0n) is 12.3. The lowest BCUT2D eigenvalue weighted by Crippen LogP contribution is -2.23. The van der Waals surface area contributed by atoms with Gasteiger partial charge < -0.3 is 10.6 Å². The smallest absolute Gasteiger partial charge is 0.124 e. The molecule has 0 unspecified atom stereocenters. The third-order valence-corrected chi connectivity index (χ3v) is 3.45. The van der Waals surface area contributed by atoms with Crippen LogP contribution in [-0.4, -0.2) is 12.9 Å². The molecule has 20 heavy (non-hydrogen) atoms. The van der Waals surface area contributed by atoms with Crippen molar-refractivity contribution < 1.29 is 0 Å². The molecule has 2 rings (SSSR count). The summed E-state index contributed by atoms with van der Waals surface area (Å²) >= 11 is 0. The van der Waals surface area contributed by atoms with Crippen molar-refractivity contribution in [2.45, 2.75) is 20.4 Å². The van der Waals surface area contributed by atoms with Crippen LogP contribution in [-0.2, 0) is 6.54 Å². The molecule has 0 aliphatic rings. The van der Waals surface area contributed by atoms with Crippen molar-refractivity contribution in [1.82, 2.24) is 0 Å². The van der Waals surface area contributed by atoms with Gasteiger partial charge in [-0.15, -0.1) is 0 Å². The molecule has 0 heterocycles. The van der Waals surface area contributed by atoms with E-state index in [0.717, 1.165) is 23.4 Å². The molecule has 0 saturated heterocycles. The van der Waals surface area contributed by atoms with E-state index in [0.29, 0.717) is 0 Å². The van der Waals surface area contributed by atoms with Gasteiger partial charge >= 0.3 is 0 Å². The first-order valence-electron chi connectivity index (χ1n) is 6.69. The van der Waals surface area contributed by atoms with Crippen molar-refractivity contribution >= 4 is 11.5 Å². The topological polar surface area (TPSA) is 53.1 Å². The Morgan fingerprint density at radius 3 is 2.35 bits per heavy atom. The monoisotopic (exact) mass is 267 g/mol. The van der Waals surface area contributed by atoms with Crippen molar-refractivity contribution in [2.24, 2.45) is 5.73 Å². The largest absolute Gasteiger partial charge is 0.384 e. The minimum atomic E-state index is 0.111.